The normalized spacial score (nSPS) is 25.5. The highest BCUT2D eigenvalue weighted by atomic mass is 16.5. The van der Waals surface area contributed by atoms with Gasteiger partial charge in [-0.15, -0.1) is 0 Å². The van der Waals surface area contributed by atoms with Crippen LogP contribution in [-0.4, -0.2) is 31.4 Å². The summed E-state index contributed by atoms with van der Waals surface area (Å²) in [6.07, 6.45) is 1.34. The summed E-state index contributed by atoms with van der Waals surface area (Å²) < 4.78 is 11.9. The van der Waals surface area contributed by atoms with Crippen molar-refractivity contribution < 1.29 is 9.47 Å². The zero-order chi connectivity index (χ0) is 15.5. The quantitative estimate of drug-likeness (QED) is 0.870. The van der Waals surface area contributed by atoms with Crippen molar-refractivity contribution in [3.8, 4) is 5.75 Å². The minimum Gasteiger partial charge on any atom is -0.488 e. The minimum absolute atomic E-state index is 0.162. The summed E-state index contributed by atoms with van der Waals surface area (Å²) in [6.45, 7) is 12.5. The van der Waals surface area contributed by atoms with Gasteiger partial charge < -0.3 is 14.8 Å². The van der Waals surface area contributed by atoms with Crippen LogP contribution in [-0.2, 0) is 10.2 Å². The number of rotatable bonds is 6. The van der Waals surface area contributed by atoms with Gasteiger partial charge in [0, 0.05) is 19.1 Å². The van der Waals surface area contributed by atoms with Crippen molar-refractivity contribution in [3.63, 3.8) is 0 Å². The Balaban J connectivity index is 1.95. The number of hydrogen-bond acceptors (Lipinski definition) is 3. The van der Waals surface area contributed by atoms with Crippen molar-refractivity contribution in [3.05, 3.63) is 29.8 Å². The van der Waals surface area contributed by atoms with E-state index in [4.69, 9.17) is 9.47 Å². The average Bonchev–Trinajstić information content (AvgIpc) is 2.43. The monoisotopic (exact) mass is 291 g/mol. The van der Waals surface area contributed by atoms with Crippen LogP contribution in [0.25, 0.3) is 0 Å². The molecule has 0 bridgehead atoms. The number of hydrogen-bond donors (Lipinski definition) is 1. The van der Waals surface area contributed by atoms with Gasteiger partial charge in [0.1, 0.15) is 18.0 Å². The maximum Gasteiger partial charge on any atom is 0.128 e. The van der Waals surface area contributed by atoms with Crippen LogP contribution in [0.5, 0.6) is 5.75 Å². The Labute approximate surface area is 129 Å². The summed E-state index contributed by atoms with van der Waals surface area (Å²) >= 11 is 0. The first-order valence-electron chi connectivity index (χ1n) is 8.08. The van der Waals surface area contributed by atoms with Crippen molar-refractivity contribution in [1.82, 2.24) is 5.32 Å². The van der Waals surface area contributed by atoms with Crippen molar-refractivity contribution in [1.29, 1.82) is 0 Å². The second-order valence-electron chi connectivity index (χ2n) is 6.75. The third kappa shape index (κ3) is 3.98. The summed E-state index contributed by atoms with van der Waals surface area (Å²) in [4.78, 5) is 0. The first kappa shape index (κ1) is 16.3. The fraction of sp³-hybridized carbons (Fsp3) is 0.667. The Kier molecular flexibility index (Phi) is 5.28. The molecule has 0 saturated heterocycles. The van der Waals surface area contributed by atoms with Gasteiger partial charge in [0.25, 0.3) is 0 Å². The Bertz CT molecular complexity index is 436. The van der Waals surface area contributed by atoms with Crippen LogP contribution in [0.4, 0.5) is 0 Å². The first-order chi connectivity index (χ1) is 9.95. The van der Waals surface area contributed by atoms with Gasteiger partial charge in [0.15, 0.2) is 0 Å². The number of ether oxygens (including phenoxy) is 2. The maximum absolute atomic E-state index is 6.09. The molecule has 21 heavy (non-hydrogen) atoms. The molecule has 0 heterocycles. The van der Waals surface area contributed by atoms with E-state index in [1.165, 1.54) is 5.56 Å². The van der Waals surface area contributed by atoms with Crippen molar-refractivity contribution in [2.24, 2.45) is 0 Å². The topological polar surface area (TPSA) is 30.5 Å². The molecule has 1 saturated carbocycles. The molecule has 0 radical (unpaired) electrons. The summed E-state index contributed by atoms with van der Waals surface area (Å²) in [5.74, 6) is 0.938. The molecule has 3 nitrogen and oxygen atoms in total. The van der Waals surface area contributed by atoms with Crippen LogP contribution in [0.15, 0.2) is 24.3 Å². The summed E-state index contributed by atoms with van der Waals surface area (Å²) in [7, 11) is 0. The van der Waals surface area contributed by atoms with E-state index in [9.17, 15) is 0 Å². The lowest BCUT2D eigenvalue weighted by Gasteiger charge is -2.44. The fourth-order valence-corrected chi connectivity index (χ4v) is 2.78. The Morgan fingerprint density at radius 3 is 2.33 bits per heavy atom. The second kappa shape index (κ2) is 6.80. The van der Waals surface area contributed by atoms with E-state index in [1.807, 2.05) is 6.92 Å². The van der Waals surface area contributed by atoms with Gasteiger partial charge in [-0.1, -0.05) is 39.8 Å². The fourth-order valence-electron chi connectivity index (χ4n) is 2.78. The average molecular weight is 291 g/mol. The van der Waals surface area contributed by atoms with Crippen molar-refractivity contribution in [2.45, 2.75) is 64.7 Å². The van der Waals surface area contributed by atoms with Crippen LogP contribution < -0.4 is 10.1 Å². The van der Waals surface area contributed by atoms with Crippen molar-refractivity contribution in [2.75, 3.05) is 13.2 Å². The molecule has 0 amide bonds. The van der Waals surface area contributed by atoms with Crippen molar-refractivity contribution >= 4 is 0 Å². The zero-order valence-corrected chi connectivity index (χ0v) is 14.0. The van der Waals surface area contributed by atoms with Gasteiger partial charge >= 0.3 is 0 Å². The maximum atomic E-state index is 6.09. The van der Waals surface area contributed by atoms with Gasteiger partial charge in [-0.2, -0.15) is 0 Å². The molecule has 1 aromatic carbocycles. The van der Waals surface area contributed by atoms with Gasteiger partial charge in [0.2, 0.25) is 0 Å². The summed E-state index contributed by atoms with van der Waals surface area (Å²) in [6, 6.07) is 8.89. The number of benzene rings is 1. The summed E-state index contributed by atoms with van der Waals surface area (Å²) in [5.41, 5.74) is 1.51. The molecule has 0 aliphatic heterocycles. The van der Waals surface area contributed by atoms with Gasteiger partial charge in [-0.05, 0) is 36.6 Å². The highest BCUT2D eigenvalue weighted by Gasteiger charge is 2.43. The van der Waals surface area contributed by atoms with Gasteiger partial charge in [-0.3, -0.25) is 0 Å². The van der Waals surface area contributed by atoms with Crippen LogP contribution >= 0.6 is 0 Å². The molecule has 1 N–H and O–H groups in total. The van der Waals surface area contributed by atoms with E-state index in [-0.39, 0.29) is 17.6 Å². The minimum atomic E-state index is 0.162. The molecule has 118 valence electrons. The van der Waals surface area contributed by atoms with E-state index in [2.05, 4.69) is 57.3 Å². The summed E-state index contributed by atoms with van der Waals surface area (Å²) in [5, 5.41) is 3.46. The largest absolute Gasteiger partial charge is 0.488 e. The lowest BCUT2D eigenvalue weighted by Crippen LogP contribution is -2.61. The van der Waals surface area contributed by atoms with Gasteiger partial charge in [-0.25, -0.2) is 0 Å². The predicted octanol–water partition coefficient (Wildman–Crippen LogP) is 3.52. The molecule has 1 aromatic rings. The van der Waals surface area contributed by atoms with Crippen LogP contribution in [0.1, 0.15) is 46.6 Å². The molecular formula is C18H29NO2. The number of nitrogens with one attached hydrogen (secondary N) is 1. The lowest BCUT2D eigenvalue weighted by atomic mass is 9.85. The molecule has 2 rings (SSSR count). The number of likely N-dealkylation sites (N-methyl/N-ethyl adjacent to an activating group) is 1. The molecule has 3 atom stereocenters. The molecule has 1 fully saturated rings. The molecule has 1 aliphatic carbocycles. The molecular weight excluding hydrogens is 262 g/mol. The van der Waals surface area contributed by atoms with Gasteiger partial charge in [0.05, 0.1) is 0 Å². The third-order valence-corrected chi connectivity index (χ3v) is 4.08. The molecule has 0 spiro atoms. The van der Waals surface area contributed by atoms with Crippen LogP contribution in [0.3, 0.4) is 0 Å². The Morgan fingerprint density at radius 1 is 1.14 bits per heavy atom. The SMILES string of the molecule is CCNC1CC(Oc2ccc(C(C)(C)C)cc2)C1OCC. The van der Waals surface area contributed by atoms with E-state index >= 15 is 0 Å². The van der Waals surface area contributed by atoms with E-state index in [0.717, 1.165) is 25.3 Å². The standard InChI is InChI=1S/C18H29NO2/c1-6-19-15-12-16(17(15)20-7-2)21-14-10-8-13(9-11-14)18(3,4)5/h8-11,15-17,19H,6-7,12H2,1-5H3. The third-order valence-electron chi connectivity index (χ3n) is 4.08. The van der Waals surface area contributed by atoms with Crippen LogP contribution in [0, 0.1) is 0 Å². The Hall–Kier alpha value is -1.06. The smallest absolute Gasteiger partial charge is 0.128 e. The lowest BCUT2D eigenvalue weighted by molar-refractivity contribution is -0.104. The predicted molar refractivity (Wildman–Crippen MR) is 87.1 cm³/mol. The zero-order valence-electron chi connectivity index (χ0n) is 14.0. The Morgan fingerprint density at radius 2 is 1.81 bits per heavy atom. The van der Waals surface area contributed by atoms with E-state index < -0.39 is 0 Å². The first-order valence-corrected chi connectivity index (χ1v) is 8.08. The van der Waals surface area contributed by atoms with E-state index in [0.29, 0.717) is 6.04 Å². The highest BCUT2D eigenvalue weighted by Crippen LogP contribution is 2.30. The van der Waals surface area contributed by atoms with Crippen LogP contribution in [0.2, 0.25) is 0 Å². The molecule has 3 unspecified atom stereocenters. The molecule has 1 aliphatic rings. The second-order valence-corrected chi connectivity index (χ2v) is 6.75. The van der Waals surface area contributed by atoms with E-state index in [1.54, 1.807) is 0 Å². The molecule has 3 heteroatoms. The molecule has 0 aromatic heterocycles. The highest BCUT2D eigenvalue weighted by molar-refractivity contribution is 5.31.